The molecule has 0 radical (unpaired) electrons. The second-order valence-corrected chi connectivity index (χ2v) is 4.51. The smallest absolute Gasteiger partial charge is 0.323 e. The van der Waals surface area contributed by atoms with Crippen molar-refractivity contribution >= 4 is 22.6 Å². The fourth-order valence-corrected chi connectivity index (χ4v) is 2.33. The molecule has 2 atom stereocenters. The van der Waals surface area contributed by atoms with Gasteiger partial charge < -0.3 is 4.74 Å². The third-order valence-electron chi connectivity index (χ3n) is 2.01. The van der Waals surface area contributed by atoms with Gasteiger partial charge in [-0.25, -0.2) is 0 Å². The van der Waals surface area contributed by atoms with Crippen molar-refractivity contribution in [1.29, 1.82) is 0 Å². The molecule has 0 aromatic heterocycles. The number of likely N-dealkylation sites (tertiary alicyclic amines) is 1. The molecule has 0 amide bonds. The van der Waals surface area contributed by atoms with Gasteiger partial charge in [0.25, 0.3) is 0 Å². The average Bonchev–Trinajstić information content (AvgIpc) is 2.28. The van der Waals surface area contributed by atoms with Gasteiger partial charge in [0, 0.05) is 6.54 Å². The Balaban J connectivity index is 2.19. The summed E-state index contributed by atoms with van der Waals surface area (Å²) < 4.78 is 28.0. The van der Waals surface area contributed by atoms with Gasteiger partial charge in [-0.15, -0.1) is 0 Å². The van der Waals surface area contributed by atoms with Crippen LogP contribution in [0.4, 0.5) is 8.78 Å². The van der Waals surface area contributed by atoms with Crippen molar-refractivity contribution in [3.8, 4) is 0 Å². The third-order valence-corrected chi connectivity index (χ3v) is 3.47. The van der Waals surface area contributed by atoms with Crippen molar-refractivity contribution in [3.63, 3.8) is 0 Å². The summed E-state index contributed by atoms with van der Waals surface area (Å²) in [5.74, 6) is 0.269. The quantitative estimate of drug-likeness (QED) is 0.447. The van der Waals surface area contributed by atoms with Crippen LogP contribution >= 0.6 is 22.6 Å². The molecule has 0 aromatic rings. The predicted molar refractivity (Wildman–Crippen MR) is 50.5 cm³/mol. The van der Waals surface area contributed by atoms with Crippen LogP contribution in [0, 0.1) is 5.92 Å². The number of hydrogen-bond acceptors (Lipinski definition) is 2. The van der Waals surface area contributed by atoms with E-state index in [1.54, 1.807) is 0 Å². The van der Waals surface area contributed by atoms with Crippen molar-refractivity contribution in [1.82, 2.24) is 4.90 Å². The number of alkyl halides is 3. The van der Waals surface area contributed by atoms with E-state index < -0.39 is 6.61 Å². The maximum atomic E-state index is 11.6. The molecule has 1 aliphatic rings. The third kappa shape index (κ3) is 3.10. The highest BCUT2D eigenvalue weighted by Gasteiger charge is 2.27. The summed E-state index contributed by atoms with van der Waals surface area (Å²) >= 11 is 2.31. The Morgan fingerprint density at radius 3 is 2.75 bits per heavy atom. The molecule has 0 aromatic carbocycles. The van der Waals surface area contributed by atoms with Crippen molar-refractivity contribution in [2.45, 2.75) is 17.1 Å². The highest BCUT2D eigenvalue weighted by molar-refractivity contribution is 14.1. The highest BCUT2D eigenvalue weighted by atomic mass is 127. The van der Waals surface area contributed by atoms with Crippen molar-refractivity contribution in [2.75, 3.05) is 20.2 Å². The predicted octanol–water partition coefficient (Wildman–Crippen LogP) is 1.94. The molecular weight excluding hydrogens is 279 g/mol. The molecule has 0 saturated carbocycles. The Kier molecular flexibility index (Phi) is 4.12. The maximum Gasteiger partial charge on any atom is 0.345 e. The van der Waals surface area contributed by atoms with Crippen LogP contribution in [0.2, 0.25) is 0 Å². The molecule has 0 N–H and O–H groups in total. The molecule has 1 heterocycles. The monoisotopic (exact) mass is 291 g/mol. The van der Waals surface area contributed by atoms with Gasteiger partial charge in [0.15, 0.2) is 0 Å². The van der Waals surface area contributed by atoms with E-state index >= 15 is 0 Å². The molecule has 12 heavy (non-hydrogen) atoms. The van der Waals surface area contributed by atoms with E-state index in [1.807, 2.05) is 7.05 Å². The summed E-state index contributed by atoms with van der Waals surface area (Å²) in [7, 11) is 2.00. The Bertz CT molecular complexity index is 137. The fourth-order valence-electron chi connectivity index (χ4n) is 1.38. The zero-order valence-corrected chi connectivity index (χ0v) is 9.00. The summed E-state index contributed by atoms with van der Waals surface area (Å²) in [6, 6.07) is 0. The van der Waals surface area contributed by atoms with E-state index in [-0.39, 0.29) is 12.5 Å². The second kappa shape index (κ2) is 4.66. The van der Waals surface area contributed by atoms with E-state index in [0.29, 0.717) is 4.05 Å². The average molecular weight is 291 g/mol. The lowest BCUT2D eigenvalue weighted by Gasteiger charge is -2.11. The molecule has 0 bridgehead atoms. The number of ether oxygens (including phenoxy) is 1. The Hall–Kier alpha value is 0.510. The van der Waals surface area contributed by atoms with Crippen LogP contribution in [-0.4, -0.2) is 35.8 Å². The molecule has 0 spiro atoms. The molecule has 5 heteroatoms. The van der Waals surface area contributed by atoms with Gasteiger partial charge in [0.05, 0.1) is 10.7 Å². The summed E-state index contributed by atoms with van der Waals surface area (Å²) in [5, 5.41) is 0. The minimum atomic E-state index is -2.62. The van der Waals surface area contributed by atoms with Crippen LogP contribution in [0.3, 0.4) is 0 Å². The van der Waals surface area contributed by atoms with Gasteiger partial charge in [-0.1, -0.05) is 22.6 Å². The maximum absolute atomic E-state index is 11.6. The summed E-state index contributed by atoms with van der Waals surface area (Å²) in [4.78, 5) is 2.15. The molecule has 72 valence electrons. The Labute approximate surface area is 84.4 Å². The van der Waals surface area contributed by atoms with Gasteiger partial charge in [0.2, 0.25) is 0 Å². The lowest BCUT2D eigenvalue weighted by atomic mass is 10.1. The van der Waals surface area contributed by atoms with Crippen LogP contribution in [0.1, 0.15) is 6.42 Å². The molecular formula is C7H12F2INO. The van der Waals surface area contributed by atoms with Crippen molar-refractivity contribution < 1.29 is 13.5 Å². The Morgan fingerprint density at radius 2 is 2.33 bits per heavy atom. The van der Waals surface area contributed by atoms with Crippen LogP contribution in [0.5, 0.6) is 0 Å². The Morgan fingerprint density at radius 1 is 1.67 bits per heavy atom. The summed E-state index contributed by atoms with van der Waals surface area (Å²) in [6.07, 6.45) is 0.948. The van der Waals surface area contributed by atoms with Gasteiger partial charge in [-0.2, -0.15) is 8.78 Å². The number of hydrogen-bond donors (Lipinski definition) is 0. The topological polar surface area (TPSA) is 12.5 Å². The standard InChI is InChI=1S/C7H12F2INO/c1-11-3-5(2-6(11)10)4-12-7(8)9/h5-7H,2-4H2,1H3/t5?,6-/m0/s1. The zero-order chi connectivity index (χ0) is 9.14. The van der Waals surface area contributed by atoms with Crippen LogP contribution < -0.4 is 0 Å². The van der Waals surface area contributed by atoms with Gasteiger partial charge in [-0.3, -0.25) is 4.90 Å². The van der Waals surface area contributed by atoms with E-state index in [2.05, 4.69) is 32.2 Å². The molecule has 1 fully saturated rings. The molecule has 0 aliphatic carbocycles. The lowest BCUT2D eigenvalue weighted by Crippen LogP contribution is -2.20. The van der Waals surface area contributed by atoms with Crippen molar-refractivity contribution in [2.24, 2.45) is 5.92 Å². The molecule has 1 rings (SSSR count). The summed E-state index contributed by atoms with van der Waals surface area (Å²) in [5.41, 5.74) is 0. The van der Waals surface area contributed by atoms with Crippen LogP contribution in [0.25, 0.3) is 0 Å². The molecule has 1 saturated heterocycles. The largest absolute Gasteiger partial charge is 0.345 e. The van der Waals surface area contributed by atoms with E-state index in [1.165, 1.54) is 0 Å². The first-order valence-corrected chi connectivity index (χ1v) is 5.08. The molecule has 1 unspecified atom stereocenters. The number of rotatable bonds is 3. The summed E-state index contributed by atoms with van der Waals surface area (Å²) in [6.45, 7) is -1.58. The van der Waals surface area contributed by atoms with E-state index in [9.17, 15) is 8.78 Å². The lowest BCUT2D eigenvalue weighted by molar-refractivity contribution is -0.137. The number of halogens is 3. The highest BCUT2D eigenvalue weighted by Crippen LogP contribution is 2.26. The van der Waals surface area contributed by atoms with Gasteiger partial charge in [-0.05, 0) is 19.4 Å². The first-order chi connectivity index (χ1) is 5.59. The number of nitrogens with zero attached hydrogens (tertiary/aromatic N) is 1. The SMILES string of the molecule is CN1CC(COC(F)F)C[C@H]1I. The van der Waals surface area contributed by atoms with Crippen LogP contribution in [-0.2, 0) is 4.74 Å². The first-order valence-electron chi connectivity index (χ1n) is 3.83. The van der Waals surface area contributed by atoms with Gasteiger partial charge >= 0.3 is 6.61 Å². The zero-order valence-electron chi connectivity index (χ0n) is 6.84. The fraction of sp³-hybridized carbons (Fsp3) is 1.00. The second-order valence-electron chi connectivity index (χ2n) is 3.07. The first kappa shape index (κ1) is 10.6. The van der Waals surface area contributed by atoms with E-state index in [0.717, 1.165) is 13.0 Å². The molecule has 2 nitrogen and oxygen atoms in total. The minimum Gasteiger partial charge on any atom is -0.323 e. The van der Waals surface area contributed by atoms with Gasteiger partial charge in [0.1, 0.15) is 0 Å². The molecule has 1 aliphatic heterocycles. The normalized spacial score (nSPS) is 31.8. The van der Waals surface area contributed by atoms with Crippen molar-refractivity contribution in [3.05, 3.63) is 0 Å². The van der Waals surface area contributed by atoms with E-state index in [4.69, 9.17) is 0 Å². The van der Waals surface area contributed by atoms with Crippen LogP contribution in [0.15, 0.2) is 0 Å². The minimum absolute atomic E-state index is 0.182.